The number of aryl methyl sites for hydroxylation is 1. The second-order valence-corrected chi connectivity index (χ2v) is 6.90. The molecule has 0 fully saturated rings. The third-order valence-corrected chi connectivity index (χ3v) is 4.22. The minimum absolute atomic E-state index is 0.0329. The standard InChI is InChI=1S/C21H24N2O3/c1-15(2)13-23-18-10-9-17(12-19(18)26-14-21(23)25)22-20(24)11-8-16-6-4-3-5-7-16/h3-7,9-10,12,15H,8,11,13-14H2,1-2H3,(H,22,24). The van der Waals surface area contributed by atoms with E-state index >= 15 is 0 Å². The lowest BCUT2D eigenvalue weighted by molar-refractivity contribution is -0.121. The first-order chi connectivity index (χ1) is 12.5. The van der Waals surface area contributed by atoms with Gasteiger partial charge < -0.3 is 15.0 Å². The molecule has 2 aromatic carbocycles. The van der Waals surface area contributed by atoms with Gasteiger partial charge >= 0.3 is 0 Å². The molecule has 136 valence electrons. The number of nitrogens with zero attached hydrogens (tertiary/aromatic N) is 1. The first-order valence-corrected chi connectivity index (χ1v) is 8.94. The van der Waals surface area contributed by atoms with E-state index in [1.54, 1.807) is 11.0 Å². The van der Waals surface area contributed by atoms with E-state index in [1.807, 2.05) is 42.5 Å². The summed E-state index contributed by atoms with van der Waals surface area (Å²) in [5, 5.41) is 2.91. The SMILES string of the molecule is CC(C)CN1C(=O)COc2cc(NC(=O)CCc3ccccc3)ccc21. The van der Waals surface area contributed by atoms with Gasteiger partial charge in [-0.15, -0.1) is 0 Å². The van der Waals surface area contributed by atoms with Gasteiger partial charge in [-0.3, -0.25) is 9.59 Å². The van der Waals surface area contributed by atoms with Gasteiger partial charge in [-0.25, -0.2) is 0 Å². The number of anilines is 2. The van der Waals surface area contributed by atoms with Crippen LogP contribution < -0.4 is 15.0 Å². The Morgan fingerprint density at radius 2 is 1.96 bits per heavy atom. The van der Waals surface area contributed by atoms with Gasteiger partial charge in [0.05, 0.1) is 5.69 Å². The van der Waals surface area contributed by atoms with E-state index in [-0.39, 0.29) is 18.4 Å². The highest BCUT2D eigenvalue weighted by Gasteiger charge is 2.26. The van der Waals surface area contributed by atoms with Crippen molar-refractivity contribution in [1.82, 2.24) is 0 Å². The molecule has 0 saturated heterocycles. The number of nitrogens with one attached hydrogen (secondary N) is 1. The highest BCUT2D eigenvalue weighted by atomic mass is 16.5. The van der Waals surface area contributed by atoms with Crippen molar-refractivity contribution in [1.29, 1.82) is 0 Å². The summed E-state index contributed by atoms with van der Waals surface area (Å²) in [5.74, 6) is 0.916. The van der Waals surface area contributed by atoms with Crippen molar-refractivity contribution in [3.05, 3.63) is 54.1 Å². The lowest BCUT2D eigenvalue weighted by Crippen LogP contribution is -2.40. The molecule has 2 amide bonds. The molecule has 0 aliphatic carbocycles. The molecule has 1 aliphatic rings. The zero-order valence-corrected chi connectivity index (χ0v) is 15.2. The van der Waals surface area contributed by atoms with Crippen LogP contribution in [0.4, 0.5) is 11.4 Å². The summed E-state index contributed by atoms with van der Waals surface area (Å²) in [6.45, 7) is 4.83. The van der Waals surface area contributed by atoms with Crippen molar-refractivity contribution in [3.63, 3.8) is 0 Å². The van der Waals surface area contributed by atoms with Gasteiger partial charge in [-0.05, 0) is 30.0 Å². The number of rotatable bonds is 6. The number of hydrogen-bond donors (Lipinski definition) is 1. The molecule has 0 atom stereocenters. The van der Waals surface area contributed by atoms with E-state index in [0.29, 0.717) is 36.7 Å². The predicted octanol–water partition coefficient (Wildman–Crippen LogP) is 3.64. The van der Waals surface area contributed by atoms with Gasteiger partial charge in [-0.1, -0.05) is 44.2 Å². The fourth-order valence-electron chi connectivity index (χ4n) is 2.97. The lowest BCUT2D eigenvalue weighted by atomic mass is 10.1. The van der Waals surface area contributed by atoms with Crippen LogP contribution >= 0.6 is 0 Å². The molecule has 5 heteroatoms. The highest BCUT2D eigenvalue weighted by molar-refractivity contribution is 5.99. The number of hydrogen-bond acceptors (Lipinski definition) is 3. The number of carbonyl (C=O) groups is 2. The Hall–Kier alpha value is -2.82. The maximum atomic E-state index is 12.2. The fourth-order valence-corrected chi connectivity index (χ4v) is 2.97. The van der Waals surface area contributed by atoms with Gasteiger partial charge in [-0.2, -0.15) is 0 Å². The van der Waals surface area contributed by atoms with Crippen LogP contribution in [0.3, 0.4) is 0 Å². The van der Waals surface area contributed by atoms with Crippen molar-refractivity contribution in [2.45, 2.75) is 26.7 Å². The van der Waals surface area contributed by atoms with Gasteiger partial charge in [0.15, 0.2) is 6.61 Å². The summed E-state index contributed by atoms with van der Waals surface area (Å²) in [4.78, 5) is 26.1. The predicted molar refractivity (Wildman–Crippen MR) is 103 cm³/mol. The van der Waals surface area contributed by atoms with Crippen molar-refractivity contribution >= 4 is 23.2 Å². The van der Waals surface area contributed by atoms with Crippen LogP contribution in [0.2, 0.25) is 0 Å². The minimum Gasteiger partial charge on any atom is -0.481 e. The molecule has 0 radical (unpaired) electrons. The second-order valence-electron chi connectivity index (χ2n) is 6.90. The van der Waals surface area contributed by atoms with E-state index in [4.69, 9.17) is 4.74 Å². The van der Waals surface area contributed by atoms with Crippen molar-refractivity contribution < 1.29 is 14.3 Å². The highest BCUT2D eigenvalue weighted by Crippen LogP contribution is 2.35. The number of fused-ring (bicyclic) bond motifs is 1. The zero-order valence-electron chi connectivity index (χ0n) is 15.2. The van der Waals surface area contributed by atoms with Crippen LogP contribution in [0.1, 0.15) is 25.8 Å². The zero-order chi connectivity index (χ0) is 18.5. The first kappa shape index (κ1) is 18.0. The summed E-state index contributed by atoms with van der Waals surface area (Å²) < 4.78 is 5.56. The number of amides is 2. The lowest BCUT2D eigenvalue weighted by Gasteiger charge is -2.31. The normalized spacial score (nSPS) is 13.3. The quantitative estimate of drug-likeness (QED) is 0.863. The van der Waals surface area contributed by atoms with Crippen LogP contribution in [0, 0.1) is 5.92 Å². The number of benzene rings is 2. The molecule has 3 rings (SSSR count). The third kappa shape index (κ3) is 4.42. The topological polar surface area (TPSA) is 58.6 Å². The van der Waals surface area contributed by atoms with Crippen LogP contribution in [0.15, 0.2) is 48.5 Å². The maximum absolute atomic E-state index is 12.2. The molecule has 0 bridgehead atoms. The Morgan fingerprint density at radius 3 is 2.69 bits per heavy atom. The van der Waals surface area contributed by atoms with Crippen molar-refractivity contribution in [2.24, 2.45) is 5.92 Å². The van der Waals surface area contributed by atoms with Crippen LogP contribution in [0.25, 0.3) is 0 Å². The number of ether oxygens (including phenoxy) is 1. The van der Waals surface area contributed by atoms with Gasteiger partial charge in [0.2, 0.25) is 5.91 Å². The fraction of sp³-hybridized carbons (Fsp3) is 0.333. The summed E-state index contributed by atoms with van der Waals surface area (Å²) in [5.41, 5.74) is 2.58. The molecule has 1 heterocycles. The molecule has 0 unspecified atom stereocenters. The third-order valence-electron chi connectivity index (χ3n) is 4.22. The van der Waals surface area contributed by atoms with Gasteiger partial charge in [0.1, 0.15) is 5.75 Å². The average molecular weight is 352 g/mol. The summed E-state index contributed by atoms with van der Waals surface area (Å²) in [6.07, 6.45) is 1.12. The Bertz CT molecular complexity index is 787. The van der Waals surface area contributed by atoms with Gasteiger partial charge in [0.25, 0.3) is 5.91 Å². The maximum Gasteiger partial charge on any atom is 0.265 e. The first-order valence-electron chi connectivity index (χ1n) is 8.94. The smallest absolute Gasteiger partial charge is 0.265 e. The Balaban J connectivity index is 1.65. The largest absolute Gasteiger partial charge is 0.481 e. The number of carbonyl (C=O) groups excluding carboxylic acids is 2. The molecule has 1 aliphatic heterocycles. The molecular formula is C21H24N2O3. The van der Waals surface area contributed by atoms with Crippen molar-refractivity contribution in [2.75, 3.05) is 23.4 Å². The molecular weight excluding hydrogens is 328 g/mol. The monoisotopic (exact) mass is 352 g/mol. The second kappa shape index (κ2) is 8.04. The summed E-state index contributed by atoms with van der Waals surface area (Å²) >= 11 is 0. The molecule has 2 aromatic rings. The minimum atomic E-state index is -0.0419. The van der Waals surface area contributed by atoms with Crippen LogP contribution in [-0.2, 0) is 16.0 Å². The van der Waals surface area contributed by atoms with Gasteiger partial charge in [0, 0.05) is 24.7 Å². The Morgan fingerprint density at radius 1 is 1.19 bits per heavy atom. The van der Waals surface area contributed by atoms with Crippen molar-refractivity contribution in [3.8, 4) is 5.75 Å². The van der Waals surface area contributed by atoms with E-state index < -0.39 is 0 Å². The summed E-state index contributed by atoms with van der Waals surface area (Å²) in [7, 11) is 0. The van der Waals surface area contributed by atoms with E-state index in [9.17, 15) is 9.59 Å². The Labute approximate surface area is 154 Å². The van der Waals surface area contributed by atoms with Crippen LogP contribution in [0.5, 0.6) is 5.75 Å². The molecule has 1 N–H and O–H groups in total. The molecule has 0 saturated carbocycles. The van der Waals surface area contributed by atoms with E-state index in [2.05, 4.69) is 19.2 Å². The molecule has 5 nitrogen and oxygen atoms in total. The summed E-state index contributed by atoms with van der Waals surface area (Å²) in [6, 6.07) is 15.4. The van der Waals surface area contributed by atoms with Crippen LogP contribution in [-0.4, -0.2) is 25.0 Å². The molecule has 26 heavy (non-hydrogen) atoms. The average Bonchev–Trinajstić information content (AvgIpc) is 2.63. The van der Waals surface area contributed by atoms with E-state index in [0.717, 1.165) is 11.3 Å². The molecule has 0 spiro atoms. The Kier molecular flexibility index (Phi) is 5.56. The van der Waals surface area contributed by atoms with E-state index in [1.165, 1.54) is 0 Å². The molecule has 0 aromatic heterocycles.